The van der Waals surface area contributed by atoms with Crippen LogP contribution in [0.25, 0.3) is 22.1 Å². The molecule has 0 spiro atoms. The number of alkyl halides is 3. The molecule has 3 heterocycles. The number of pyridine rings is 1. The van der Waals surface area contributed by atoms with Crippen LogP contribution in [0.15, 0.2) is 67.4 Å². The SMILES string of the molecule is Cc1ncn(-c2ccc(NC(=O)c3cnn(-c4cccc5ccncc45)c3C(F)(F)F)cc2C)n1. The third kappa shape index (κ3) is 4.12. The average Bonchev–Trinajstić information content (AvgIpc) is 3.45. The van der Waals surface area contributed by atoms with E-state index in [1.165, 1.54) is 12.3 Å². The van der Waals surface area contributed by atoms with Crippen LogP contribution in [0.3, 0.4) is 0 Å². The molecule has 0 aliphatic carbocycles. The number of halogens is 3. The Balaban J connectivity index is 1.51. The van der Waals surface area contributed by atoms with Gasteiger partial charge in [0.1, 0.15) is 12.2 Å². The molecule has 5 aromatic rings. The molecule has 0 fully saturated rings. The van der Waals surface area contributed by atoms with E-state index in [-0.39, 0.29) is 5.69 Å². The smallest absolute Gasteiger partial charge is 0.322 e. The number of aromatic nitrogens is 6. The van der Waals surface area contributed by atoms with Gasteiger partial charge in [0, 0.05) is 23.5 Å². The maximum Gasteiger partial charge on any atom is 0.434 e. The number of nitrogens with one attached hydrogen (secondary N) is 1. The van der Waals surface area contributed by atoms with Gasteiger partial charge in [0.05, 0.1) is 23.1 Å². The zero-order valence-electron chi connectivity index (χ0n) is 18.6. The molecule has 8 nitrogen and oxygen atoms in total. The van der Waals surface area contributed by atoms with Crippen LogP contribution in [0, 0.1) is 13.8 Å². The lowest BCUT2D eigenvalue weighted by Crippen LogP contribution is -2.21. The Kier molecular flexibility index (Phi) is 5.31. The van der Waals surface area contributed by atoms with Gasteiger partial charge in [0.15, 0.2) is 5.69 Å². The molecule has 0 bridgehead atoms. The molecule has 176 valence electrons. The van der Waals surface area contributed by atoms with Gasteiger partial charge in [0.2, 0.25) is 0 Å². The van der Waals surface area contributed by atoms with E-state index in [0.717, 1.165) is 22.1 Å². The summed E-state index contributed by atoms with van der Waals surface area (Å²) in [6, 6.07) is 11.5. The van der Waals surface area contributed by atoms with Gasteiger partial charge in [-0.3, -0.25) is 9.78 Å². The predicted octanol–water partition coefficient (Wildman–Crippen LogP) is 4.89. The van der Waals surface area contributed by atoms with Crippen molar-refractivity contribution in [2.24, 2.45) is 0 Å². The standard InChI is InChI=1S/C24H18F3N7O/c1-14-10-17(6-7-20(14)33-13-29-15(2)32-33)31-23(35)19-12-30-34(22(19)24(25,26)27)21-5-3-4-16-8-9-28-11-18(16)21/h3-13H,1-2H3,(H,31,35). The zero-order valence-corrected chi connectivity index (χ0v) is 18.6. The zero-order chi connectivity index (χ0) is 24.7. The van der Waals surface area contributed by atoms with Crippen LogP contribution < -0.4 is 5.32 Å². The molecule has 0 aliphatic heterocycles. The van der Waals surface area contributed by atoms with E-state index in [2.05, 4.69) is 25.5 Å². The Labute approximate surface area is 197 Å². The maximum absolute atomic E-state index is 14.2. The Morgan fingerprint density at radius 2 is 1.86 bits per heavy atom. The molecule has 35 heavy (non-hydrogen) atoms. The third-order valence-corrected chi connectivity index (χ3v) is 5.48. The van der Waals surface area contributed by atoms with E-state index in [1.54, 1.807) is 67.5 Å². The Hall–Kier alpha value is -4.54. The second-order valence-corrected chi connectivity index (χ2v) is 7.88. The minimum Gasteiger partial charge on any atom is -0.322 e. The molecule has 3 aromatic heterocycles. The lowest BCUT2D eigenvalue weighted by molar-refractivity contribution is -0.143. The van der Waals surface area contributed by atoms with Gasteiger partial charge in [-0.25, -0.2) is 14.3 Å². The van der Waals surface area contributed by atoms with Crippen LogP contribution in [0.5, 0.6) is 0 Å². The van der Waals surface area contributed by atoms with Gasteiger partial charge in [-0.15, -0.1) is 0 Å². The van der Waals surface area contributed by atoms with Crippen molar-refractivity contribution in [3.63, 3.8) is 0 Å². The molecule has 11 heteroatoms. The number of carbonyl (C=O) groups excluding carboxylic acids is 1. The third-order valence-electron chi connectivity index (χ3n) is 5.48. The number of anilines is 1. The normalized spacial score (nSPS) is 11.7. The summed E-state index contributed by atoms with van der Waals surface area (Å²) in [5.74, 6) is -0.328. The summed E-state index contributed by atoms with van der Waals surface area (Å²) >= 11 is 0. The molecule has 0 saturated carbocycles. The van der Waals surface area contributed by atoms with Crippen molar-refractivity contribution >= 4 is 22.4 Å². The first-order valence-electron chi connectivity index (χ1n) is 10.5. The lowest BCUT2D eigenvalue weighted by atomic mass is 10.1. The second-order valence-electron chi connectivity index (χ2n) is 7.88. The van der Waals surface area contributed by atoms with E-state index in [1.807, 2.05) is 0 Å². The fraction of sp³-hybridized carbons (Fsp3) is 0.125. The van der Waals surface area contributed by atoms with Crippen molar-refractivity contribution < 1.29 is 18.0 Å². The number of fused-ring (bicyclic) bond motifs is 1. The first-order chi connectivity index (χ1) is 16.7. The summed E-state index contributed by atoms with van der Waals surface area (Å²) in [6.45, 7) is 3.56. The Morgan fingerprint density at radius 1 is 1.03 bits per heavy atom. The van der Waals surface area contributed by atoms with Crippen molar-refractivity contribution in [1.29, 1.82) is 0 Å². The summed E-state index contributed by atoms with van der Waals surface area (Å²) in [5.41, 5.74) is 0.234. The summed E-state index contributed by atoms with van der Waals surface area (Å²) < 4.78 is 44.8. The van der Waals surface area contributed by atoms with Crippen molar-refractivity contribution in [3.05, 3.63) is 90.0 Å². The van der Waals surface area contributed by atoms with Crippen molar-refractivity contribution in [2.45, 2.75) is 20.0 Å². The number of nitrogens with zero attached hydrogens (tertiary/aromatic N) is 6. The molecule has 0 atom stereocenters. The molecular weight excluding hydrogens is 459 g/mol. The molecule has 0 radical (unpaired) electrons. The highest BCUT2D eigenvalue weighted by Gasteiger charge is 2.41. The van der Waals surface area contributed by atoms with Gasteiger partial charge in [-0.05, 0) is 55.1 Å². The van der Waals surface area contributed by atoms with Crippen molar-refractivity contribution in [1.82, 2.24) is 29.5 Å². The monoisotopic (exact) mass is 477 g/mol. The summed E-state index contributed by atoms with van der Waals surface area (Å²) in [6.07, 6.45) is 0.664. The van der Waals surface area contributed by atoms with Crippen LogP contribution in [0.4, 0.5) is 18.9 Å². The molecule has 0 saturated heterocycles. The van der Waals surface area contributed by atoms with Gasteiger partial charge in [0.25, 0.3) is 5.91 Å². The minimum absolute atomic E-state index is 0.172. The number of aryl methyl sites for hydroxylation is 2. The predicted molar refractivity (Wildman–Crippen MR) is 123 cm³/mol. The highest BCUT2D eigenvalue weighted by molar-refractivity contribution is 6.05. The summed E-state index contributed by atoms with van der Waals surface area (Å²) in [5, 5.41) is 11.9. The first kappa shape index (κ1) is 22.3. The lowest BCUT2D eigenvalue weighted by Gasteiger charge is -2.14. The molecule has 1 N–H and O–H groups in total. The number of benzene rings is 2. The Bertz CT molecular complexity index is 1560. The molecule has 5 rings (SSSR count). The van der Waals surface area contributed by atoms with Crippen molar-refractivity contribution in [2.75, 3.05) is 5.32 Å². The number of rotatable bonds is 4. The van der Waals surface area contributed by atoms with Crippen LogP contribution in [-0.4, -0.2) is 35.4 Å². The second kappa shape index (κ2) is 8.35. The first-order valence-corrected chi connectivity index (χ1v) is 10.5. The molecule has 1 amide bonds. The molecular formula is C24H18F3N7O. The average molecular weight is 477 g/mol. The number of hydrogen-bond donors (Lipinski definition) is 1. The fourth-order valence-electron chi connectivity index (χ4n) is 3.90. The number of carbonyl (C=O) groups is 1. The highest BCUT2D eigenvalue weighted by atomic mass is 19.4. The van der Waals surface area contributed by atoms with E-state index in [0.29, 0.717) is 22.3 Å². The topological polar surface area (TPSA) is 90.5 Å². The quantitative estimate of drug-likeness (QED) is 0.398. The van der Waals surface area contributed by atoms with Crippen LogP contribution in [0.1, 0.15) is 27.4 Å². The van der Waals surface area contributed by atoms with Crippen molar-refractivity contribution in [3.8, 4) is 11.4 Å². The van der Waals surface area contributed by atoms with Gasteiger partial charge in [-0.1, -0.05) is 12.1 Å². The van der Waals surface area contributed by atoms with Crippen LogP contribution in [-0.2, 0) is 6.18 Å². The van der Waals surface area contributed by atoms with Crippen LogP contribution in [0.2, 0.25) is 0 Å². The molecule has 2 aromatic carbocycles. The maximum atomic E-state index is 14.2. The minimum atomic E-state index is -4.84. The highest BCUT2D eigenvalue weighted by Crippen LogP contribution is 2.35. The number of amides is 1. The van der Waals surface area contributed by atoms with Gasteiger partial charge < -0.3 is 5.32 Å². The van der Waals surface area contributed by atoms with Crippen LogP contribution >= 0.6 is 0 Å². The largest absolute Gasteiger partial charge is 0.434 e. The van der Waals surface area contributed by atoms with Gasteiger partial charge in [-0.2, -0.15) is 23.4 Å². The van der Waals surface area contributed by atoms with E-state index in [4.69, 9.17) is 0 Å². The summed E-state index contributed by atoms with van der Waals surface area (Å²) in [4.78, 5) is 21.1. The summed E-state index contributed by atoms with van der Waals surface area (Å²) in [7, 11) is 0. The van der Waals surface area contributed by atoms with E-state index >= 15 is 0 Å². The van der Waals surface area contributed by atoms with Gasteiger partial charge >= 0.3 is 6.18 Å². The Morgan fingerprint density at radius 3 is 2.57 bits per heavy atom. The van der Waals surface area contributed by atoms with E-state index in [9.17, 15) is 18.0 Å². The fourth-order valence-corrected chi connectivity index (χ4v) is 3.90. The molecule has 0 aliphatic rings. The molecule has 0 unspecified atom stereocenters. The van der Waals surface area contributed by atoms with E-state index < -0.39 is 23.3 Å². The number of hydrogen-bond acceptors (Lipinski definition) is 5.